The first-order valence-corrected chi connectivity index (χ1v) is 5.57. The number of hydrogen-bond acceptors (Lipinski definition) is 3. The first kappa shape index (κ1) is 11.7. The molecule has 0 aliphatic heterocycles. The standard InChI is InChI=1S/C12H11ClN2O2/c1-2-9-14-11(16)10(12(17)15-9)7-3-5-8(13)6-4-7/h3-6H,2H2,1H3,(H2,14,15,16,17). The largest absolute Gasteiger partial charge is 0.493 e. The molecular formula is C12H11ClN2O2. The summed E-state index contributed by atoms with van der Waals surface area (Å²) in [5.74, 6) is 0.207. The number of nitrogens with one attached hydrogen (secondary N) is 1. The Hall–Kier alpha value is -1.81. The van der Waals surface area contributed by atoms with Crippen LogP contribution in [0.4, 0.5) is 0 Å². The van der Waals surface area contributed by atoms with Gasteiger partial charge in [0.05, 0.1) is 0 Å². The molecule has 1 aromatic carbocycles. The van der Waals surface area contributed by atoms with E-state index in [9.17, 15) is 9.90 Å². The maximum Gasteiger partial charge on any atom is 0.262 e. The first-order valence-electron chi connectivity index (χ1n) is 5.20. The second-order valence-electron chi connectivity index (χ2n) is 3.57. The van der Waals surface area contributed by atoms with Crippen LogP contribution < -0.4 is 5.56 Å². The molecule has 0 unspecified atom stereocenters. The van der Waals surface area contributed by atoms with E-state index in [1.165, 1.54) is 0 Å². The molecule has 0 spiro atoms. The summed E-state index contributed by atoms with van der Waals surface area (Å²) in [6.45, 7) is 1.85. The lowest BCUT2D eigenvalue weighted by Gasteiger charge is -2.04. The van der Waals surface area contributed by atoms with Gasteiger partial charge >= 0.3 is 0 Å². The molecule has 2 N–H and O–H groups in total. The topological polar surface area (TPSA) is 66.0 Å². The van der Waals surface area contributed by atoms with Crippen LogP contribution in [-0.2, 0) is 6.42 Å². The van der Waals surface area contributed by atoms with E-state index in [0.29, 0.717) is 22.8 Å². The van der Waals surface area contributed by atoms with Gasteiger partial charge in [0.15, 0.2) is 0 Å². The third-order valence-electron chi connectivity index (χ3n) is 2.42. The van der Waals surface area contributed by atoms with Crippen molar-refractivity contribution in [2.24, 2.45) is 0 Å². The molecule has 4 nitrogen and oxygen atoms in total. The SMILES string of the molecule is CCc1nc(O)c(-c2ccc(Cl)cc2)c(=O)[nH]1. The molecular weight excluding hydrogens is 240 g/mol. The lowest BCUT2D eigenvalue weighted by atomic mass is 10.1. The van der Waals surface area contributed by atoms with E-state index in [4.69, 9.17) is 11.6 Å². The molecule has 0 radical (unpaired) electrons. The lowest BCUT2D eigenvalue weighted by molar-refractivity contribution is 0.450. The van der Waals surface area contributed by atoms with Gasteiger partial charge in [0.1, 0.15) is 11.4 Å². The Labute approximate surface area is 103 Å². The Balaban J connectivity index is 2.60. The fourth-order valence-corrected chi connectivity index (χ4v) is 1.68. The third-order valence-corrected chi connectivity index (χ3v) is 2.67. The third kappa shape index (κ3) is 2.31. The molecule has 17 heavy (non-hydrogen) atoms. The number of aryl methyl sites for hydroxylation is 1. The number of aromatic hydroxyl groups is 1. The van der Waals surface area contributed by atoms with E-state index in [1.54, 1.807) is 24.3 Å². The Bertz CT molecular complexity index is 590. The maximum atomic E-state index is 11.8. The summed E-state index contributed by atoms with van der Waals surface area (Å²) in [5.41, 5.74) is 0.402. The van der Waals surface area contributed by atoms with Crippen molar-refractivity contribution in [3.05, 3.63) is 45.5 Å². The van der Waals surface area contributed by atoms with E-state index >= 15 is 0 Å². The van der Waals surface area contributed by atoms with Gasteiger partial charge in [0.25, 0.3) is 5.56 Å². The van der Waals surface area contributed by atoms with E-state index in [0.717, 1.165) is 0 Å². The van der Waals surface area contributed by atoms with E-state index in [1.807, 2.05) is 6.92 Å². The molecule has 0 atom stereocenters. The summed E-state index contributed by atoms with van der Waals surface area (Å²) < 4.78 is 0. The van der Waals surface area contributed by atoms with Crippen molar-refractivity contribution in [2.75, 3.05) is 0 Å². The van der Waals surface area contributed by atoms with Crippen LogP contribution >= 0.6 is 11.6 Å². The molecule has 0 fully saturated rings. The Kier molecular flexibility index (Phi) is 3.15. The summed E-state index contributed by atoms with van der Waals surface area (Å²) >= 11 is 5.76. The summed E-state index contributed by atoms with van der Waals surface area (Å²) in [6.07, 6.45) is 0.559. The number of halogens is 1. The molecule has 5 heteroatoms. The highest BCUT2D eigenvalue weighted by Crippen LogP contribution is 2.24. The second-order valence-corrected chi connectivity index (χ2v) is 4.01. The highest BCUT2D eigenvalue weighted by atomic mass is 35.5. The van der Waals surface area contributed by atoms with Gasteiger partial charge in [-0.1, -0.05) is 30.7 Å². The van der Waals surface area contributed by atoms with Gasteiger partial charge in [0.2, 0.25) is 5.88 Å². The lowest BCUT2D eigenvalue weighted by Crippen LogP contribution is -2.13. The van der Waals surface area contributed by atoms with Crippen LogP contribution in [0.3, 0.4) is 0 Å². The quantitative estimate of drug-likeness (QED) is 0.860. The summed E-state index contributed by atoms with van der Waals surface area (Å²) in [5, 5.41) is 10.3. The average molecular weight is 251 g/mol. The second kappa shape index (κ2) is 4.59. The normalized spacial score (nSPS) is 10.5. The van der Waals surface area contributed by atoms with Crippen LogP contribution in [-0.4, -0.2) is 15.1 Å². The highest BCUT2D eigenvalue weighted by Gasteiger charge is 2.12. The zero-order chi connectivity index (χ0) is 12.4. The van der Waals surface area contributed by atoms with Crippen LogP contribution in [0.1, 0.15) is 12.7 Å². The first-order chi connectivity index (χ1) is 8.11. The summed E-state index contributed by atoms with van der Waals surface area (Å²) in [4.78, 5) is 18.4. The number of H-pyrrole nitrogens is 1. The van der Waals surface area contributed by atoms with Gasteiger partial charge in [-0.15, -0.1) is 0 Å². The molecule has 0 aliphatic rings. The van der Waals surface area contributed by atoms with Crippen molar-refractivity contribution in [2.45, 2.75) is 13.3 Å². The number of hydrogen-bond donors (Lipinski definition) is 2. The molecule has 0 saturated heterocycles. The monoisotopic (exact) mass is 250 g/mol. The van der Waals surface area contributed by atoms with E-state index < -0.39 is 0 Å². The van der Waals surface area contributed by atoms with Gasteiger partial charge in [0, 0.05) is 11.4 Å². The van der Waals surface area contributed by atoms with Crippen molar-refractivity contribution < 1.29 is 5.11 Å². The van der Waals surface area contributed by atoms with Gasteiger partial charge < -0.3 is 10.1 Å². The Morgan fingerprint density at radius 2 is 2.00 bits per heavy atom. The van der Waals surface area contributed by atoms with Crippen molar-refractivity contribution in [3.63, 3.8) is 0 Å². The molecule has 0 amide bonds. The molecule has 0 bridgehead atoms. The minimum atomic E-state index is -0.350. The van der Waals surface area contributed by atoms with Crippen molar-refractivity contribution in [1.82, 2.24) is 9.97 Å². The van der Waals surface area contributed by atoms with E-state index in [-0.39, 0.29) is 17.0 Å². The van der Waals surface area contributed by atoms with Crippen molar-refractivity contribution in [3.8, 4) is 17.0 Å². The number of aromatic amines is 1. The summed E-state index contributed by atoms with van der Waals surface area (Å²) in [7, 11) is 0. The molecule has 2 rings (SSSR count). The minimum Gasteiger partial charge on any atom is -0.493 e. The Morgan fingerprint density at radius 3 is 2.53 bits per heavy atom. The predicted molar refractivity (Wildman–Crippen MR) is 66.3 cm³/mol. The number of rotatable bonds is 2. The minimum absolute atomic E-state index is 0.166. The average Bonchev–Trinajstić information content (AvgIpc) is 2.30. The predicted octanol–water partition coefficient (Wildman–Crippen LogP) is 2.36. The van der Waals surface area contributed by atoms with Crippen LogP contribution in [0.5, 0.6) is 5.88 Å². The molecule has 1 heterocycles. The fourth-order valence-electron chi connectivity index (χ4n) is 1.55. The Morgan fingerprint density at radius 1 is 1.35 bits per heavy atom. The van der Waals surface area contributed by atoms with Gasteiger partial charge in [-0.25, -0.2) is 0 Å². The number of aromatic nitrogens is 2. The number of benzene rings is 1. The molecule has 0 saturated carbocycles. The fraction of sp³-hybridized carbons (Fsp3) is 0.167. The smallest absolute Gasteiger partial charge is 0.262 e. The molecule has 88 valence electrons. The van der Waals surface area contributed by atoms with Crippen LogP contribution in [0.25, 0.3) is 11.1 Å². The van der Waals surface area contributed by atoms with Gasteiger partial charge in [-0.3, -0.25) is 4.79 Å². The zero-order valence-corrected chi connectivity index (χ0v) is 9.95. The van der Waals surface area contributed by atoms with Crippen molar-refractivity contribution in [1.29, 1.82) is 0 Å². The molecule has 1 aromatic heterocycles. The molecule has 0 aliphatic carbocycles. The van der Waals surface area contributed by atoms with Gasteiger partial charge in [-0.2, -0.15) is 4.98 Å². The van der Waals surface area contributed by atoms with Crippen LogP contribution in [0, 0.1) is 0 Å². The van der Waals surface area contributed by atoms with Crippen LogP contribution in [0.2, 0.25) is 5.02 Å². The zero-order valence-electron chi connectivity index (χ0n) is 9.20. The summed E-state index contributed by atoms with van der Waals surface area (Å²) in [6, 6.07) is 6.65. The van der Waals surface area contributed by atoms with Crippen molar-refractivity contribution >= 4 is 11.6 Å². The van der Waals surface area contributed by atoms with Gasteiger partial charge in [-0.05, 0) is 17.7 Å². The number of nitrogens with zero attached hydrogens (tertiary/aromatic N) is 1. The highest BCUT2D eigenvalue weighted by molar-refractivity contribution is 6.30. The maximum absolute atomic E-state index is 11.8. The molecule has 2 aromatic rings. The van der Waals surface area contributed by atoms with E-state index in [2.05, 4.69) is 9.97 Å². The van der Waals surface area contributed by atoms with Crippen LogP contribution in [0.15, 0.2) is 29.1 Å².